The topological polar surface area (TPSA) is 78.1 Å². The Bertz CT molecular complexity index is 590. The minimum absolute atomic E-state index is 0.106. The van der Waals surface area contributed by atoms with Gasteiger partial charge < -0.3 is 10.5 Å². The van der Waals surface area contributed by atoms with Crippen LogP contribution in [0.4, 0.5) is 0 Å². The lowest BCUT2D eigenvalue weighted by atomic mass is 9.88. The van der Waals surface area contributed by atoms with Crippen molar-refractivity contribution in [1.29, 1.82) is 0 Å². The van der Waals surface area contributed by atoms with E-state index >= 15 is 0 Å². The zero-order valence-corrected chi connectivity index (χ0v) is 16.7. The number of carbonyl (C=O) groups is 1. The highest BCUT2D eigenvalue weighted by Crippen LogP contribution is 2.24. The molecule has 0 atom stereocenters. The van der Waals surface area contributed by atoms with Gasteiger partial charge in [0.05, 0.1) is 7.11 Å². The molecule has 0 spiro atoms. The lowest BCUT2D eigenvalue weighted by Gasteiger charge is -2.18. The Labute approximate surface area is 156 Å². The number of hydrogen-bond donors (Lipinski definition) is 1. The molecule has 6 heteroatoms. The fraction of sp³-hybridized carbons (Fsp3) is 0.632. The van der Waals surface area contributed by atoms with Crippen molar-refractivity contribution in [3.8, 4) is 12.0 Å². The third-order valence-corrected chi connectivity index (χ3v) is 3.91. The van der Waals surface area contributed by atoms with E-state index in [-0.39, 0.29) is 11.0 Å². The number of ether oxygens (including phenoxy) is 1. The first-order valence-electron chi connectivity index (χ1n) is 8.79. The van der Waals surface area contributed by atoms with E-state index in [0.717, 1.165) is 36.4 Å². The summed E-state index contributed by atoms with van der Waals surface area (Å²) in [4.78, 5) is 18.9. The fourth-order valence-electron chi connectivity index (χ4n) is 2.32. The number of halogens is 1. The smallest absolute Gasteiger partial charge is 0.267 e. The second-order valence-corrected chi connectivity index (χ2v) is 5.91. The lowest BCUT2D eigenvalue weighted by Crippen LogP contribution is -2.16. The summed E-state index contributed by atoms with van der Waals surface area (Å²) in [5.41, 5.74) is 7.19. The first-order valence-corrected chi connectivity index (χ1v) is 9.17. The van der Waals surface area contributed by atoms with E-state index in [4.69, 9.17) is 17.3 Å². The zero-order chi connectivity index (χ0) is 19.2. The van der Waals surface area contributed by atoms with Crippen LogP contribution >= 0.6 is 11.6 Å². The van der Waals surface area contributed by atoms with Crippen LogP contribution in [0.3, 0.4) is 0 Å². The van der Waals surface area contributed by atoms with Gasteiger partial charge in [0.15, 0.2) is 0 Å². The number of hydrogen-bond acceptors (Lipinski definition) is 4. The maximum Gasteiger partial charge on any atom is 0.267 e. The Morgan fingerprint density at radius 1 is 1.24 bits per heavy atom. The average Bonchev–Trinajstić information content (AvgIpc) is 3.04. The van der Waals surface area contributed by atoms with E-state index in [1.54, 1.807) is 6.92 Å². The maximum atomic E-state index is 11.0. The molecule has 0 radical (unpaired) electrons. The molecule has 1 fully saturated rings. The van der Waals surface area contributed by atoms with Gasteiger partial charge in [-0.1, -0.05) is 46.0 Å². The molecule has 2 aliphatic rings. The summed E-state index contributed by atoms with van der Waals surface area (Å²) in [7, 11) is 1.54. The van der Waals surface area contributed by atoms with Gasteiger partial charge in [0.25, 0.3) is 5.91 Å². The maximum absolute atomic E-state index is 11.0. The number of rotatable bonds is 1. The predicted octanol–water partition coefficient (Wildman–Crippen LogP) is 4.16. The number of aromatic nitrogens is 2. The molecule has 140 valence electrons. The molecule has 0 unspecified atom stereocenters. The summed E-state index contributed by atoms with van der Waals surface area (Å²) in [6, 6.07) is 0. The van der Waals surface area contributed by atoms with Crippen molar-refractivity contribution in [2.24, 2.45) is 11.7 Å². The molecule has 3 rings (SSSR count). The van der Waals surface area contributed by atoms with Gasteiger partial charge in [-0.25, -0.2) is 9.97 Å². The monoisotopic (exact) mass is 367 g/mol. The van der Waals surface area contributed by atoms with Gasteiger partial charge in [0, 0.05) is 18.2 Å². The minimum Gasteiger partial charge on any atom is -0.450 e. The molecule has 0 aromatic carbocycles. The van der Waals surface area contributed by atoms with Crippen LogP contribution in [-0.4, -0.2) is 23.0 Å². The van der Waals surface area contributed by atoms with Gasteiger partial charge in [-0.05, 0) is 36.8 Å². The molecule has 0 aliphatic heterocycles. The number of fused-ring (bicyclic) bond motifs is 1. The second kappa shape index (κ2) is 13.5. The predicted molar refractivity (Wildman–Crippen MR) is 102 cm³/mol. The summed E-state index contributed by atoms with van der Waals surface area (Å²) < 4.78 is 4.33. The third-order valence-electron chi connectivity index (χ3n) is 3.74. The highest BCUT2D eigenvalue weighted by atomic mass is 35.5. The summed E-state index contributed by atoms with van der Waals surface area (Å²) in [5, 5.41) is 0.106. The molecule has 1 heterocycles. The van der Waals surface area contributed by atoms with E-state index in [1.165, 1.54) is 26.4 Å². The molecule has 2 N–H and O–H groups in total. The molecule has 2 aliphatic carbocycles. The molecule has 0 saturated heterocycles. The second-order valence-electron chi connectivity index (χ2n) is 5.58. The molecule has 5 nitrogen and oxygen atoms in total. The number of nitrogens with two attached hydrogens (primary N) is 1. The van der Waals surface area contributed by atoms with Crippen LogP contribution in [0.5, 0.6) is 0 Å². The van der Waals surface area contributed by atoms with Crippen molar-refractivity contribution in [2.75, 3.05) is 7.11 Å². The zero-order valence-electron chi connectivity index (χ0n) is 16.0. The summed E-state index contributed by atoms with van der Waals surface area (Å²) in [5.74, 6) is 3.08. The van der Waals surface area contributed by atoms with Gasteiger partial charge in [-0.3, -0.25) is 4.79 Å². The molecular weight excluding hydrogens is 338 g/mol. The van der Waals surface area contributed by atoms with Crippen LogP contribution < -0.4 is 5.73 Å². The van der Waals surface area contributed by atoms with Crippen LogP contribution in [0.2, 0.25) is 5.28 Å². The van der Waals surface area contributed by atoms with E-state index in [1.807, 2.05) is 13.8 Å². The van der Waals surface area contributed by atoms with Gasteiger partial charge in [-0.15, -0.1) is 0 Å². The normalized spacial score (nSPS) is 13.7. The number of carbonyl (C=O) groups excluding carboxylic acids is 1. The summed E-state index contributed by atoms with van der Waals surface area (Å²) in [6.45, 7) is 8.03. The van der Waals surface area contributed by atoms with Crippen molar-refractivity contribution < 1.29 is 9.53 Å². The number of amides is 1. The highest BCUT2D eigenvalue weighted by Gasteiger charge is 2.21. The Kier molecular flexibility index (Phi) is 12.5. The van der Waals surface area contributed by atoms with Crippen LogP contribution in [0.15, 0.2) is 0 Å². The first kappa shape index (κ1) is 23.2. The molecule has 1 aromatic rings. The number of nitrogens with zero attached hydrogens (tertiary/aromatic N) is 2. The molecule has 25 heavy (non-hydrogen) atoms. The van der Waals surface area contributed by atoms with Crippen LogP contribution in [-0.2, 0) is 17.6 Å². The largest absolute Gasteiger partial charge is 0.450 e. The fourth-order valence-corrected chi connectivity index (χ4v) is 2.51. The SMILES string of the molecule is CC.CC#COC.CC1CCC1.NC(=O)c1nc(Cl)nc2c1CCC2. The van der Waals surface area contributed by atoms with Crippen molar-refractivity contribution in [3.63, 3.8) is 0 Å². The summed E-state index contributed by atoms with van der Waals surface area (Å²) >= 11 is 5.64. The van der Waals surface area contributed by atoms with Crippen LogP contribution in [0.1, 0.15) is 75.1 Å². The van der Waals surface area contributed by atoms with E-state index in [9.17, 15) is 4.79 Å². The van der Waals surface area contributed by atoms with Crippen LogP contribution in [0, 0.1) is 17.9 Å². The number of methoxy groups -OCH3 is 1. The molecular formula is C19H30ClN3O2. The van der Waals surface area contributed by atoms with Crippen LogP contribution in [0.25, 0.3) is 0 Å². The van der Waals surface area contributed by atoms with Crippen molar-refractivity contribution in [3.05, 3.63) is 22.2 Å². The molecule has 1 saturated carbocycles. The average molecular weight is 368 g/mol. The van der Waals surface area contributed by atoms with Crippen molar-refractivity contribution in [1.82, 2.24) is 9.97 Å². The van der Waals surface area contributed by atoms with Gasteiger partial charge in [0.2, 0.25) is 5.28 Å². The van der Waals surface area contributed by atoms with Gasteiger partial charge >= 0.3 is 0 Å². The Morgan fingerprint density at radius 2 is 1.84 bits per heavy atom. The molecule has 1 amide bonds. The Hall–Kier alpha value is -1.80. The number of primary amides is 1. The highest BCUT2D eigenvalue weighted by molar-refractivity contribution is 6.28. The number of aryl methyl sites for hydroxylation is 1. The van der Waals surface area contributed by atoms with Gasteiger partial charge in [-0.2, -0.15) is 0 Å². The van der Waals surface area contributed by atoms with E-state index in [2.05, 4.69) is 33.7 Å². The molecule has 1 aromatic heterocycles. The van der Waals surface area contributed by atoms with E-state index < -0.39 is 5.91 Å². The van der Waals surface area contributed by atoms with Crippen molar-refractivity contribution in [2.45, 2.75) is 66.2 Å². The summed E-state index contributed by atoms with van der Waals surface area (Å²) in [6.07, 6.45) is 9.49. The quantitative estimate of drug-likeness (QED) is 0.597. The van der Waals surface area contributed by atoms with E-state index in [0.29, 0.717) is 0 Å². The first-order chi connectivity index (χ1) is 12.0. The Balaban J connectivity index is 0.000000398. The van der Waals surface area contributed by atoms with Gasteiger partial charge in [0.1, 0.15) is 11.8 Å². The minimum atomic E-state index is -0.526. The molecule has 0 bridgehead atoms. The Morgan fingerprint density at radius 3 is 2.20 bits per heavy atom. The van der Waals surface area contributed by atoms with Crippen molar-refractivity contribution >= 4 is 17.5 Å². The third kappa shape index (κ3) is 8.74. The standard InChI is InChI=1S/C8H8ClN3O.C5H10.C4H6O.C2H6/c9-8-11-5-3-1-2-4(5)6(12-8)7(10)13;1-5-3-2-4-5;1-3-4-5-2;1-2/h1-3H2,(H2,10,13);5H,2-4H2,1H3;1-2H3;1-2H3. The lowest BCUT2D eigenvalue weighted by molar-refractivity contribution is 0.0994.